The van der Waals surface area contributed by atoms with Crippen LogP contribution in [0.4, 0.5) is 17.1 Å². The number of nitrogens with zero attached hydrogens (tertiary/aromatic N) is 2. The average molecular weight is 575 g/mol. The molecule has 0 aliphatic heterocycles. The Morgan fingerprint density at radius 3 is 2.21 bits per heavy atom. The molecule has 6 aromatic rings. The second-order valence-corrected chi connectivity index (χ2v) is 14.8. The lowest BCUT2D eigenvalue weighted by Crippen LogP contribution is -2.55. The van der Waals surface area contributed by atoms with Crippen LogP contribution < -0.4 is 4.90 Å². The molecule has 2 heterocycles. The van der Waals surface area contributed by atoms with Gasteiger partial charge < -0.3 is 4.90 Å². The predicted octanol–water partition coefficient (Wildman–Crippen LogP) is 11.0. The number of benzene rings is 4. The minimum Gasteiger partial charge on any atom is -0.308 e. The SMILES string of the molecule is Cc1ccc(N(c2ccc3c(c2)C2(c4ccccc4-3)C3CC4CC(C3)CC2C4)c2cccc3sc4ccccc4c23)cn1. The van der Waals surface area contributed by atoms with E-state index in [1.807, 2.05) is 11.3 Å². The Kier molecular flexibility index (Phi) is 5.01. The molecule has 0 unspecified atom stereocenters. The number of hydrogen-bond acceptors (Lipinski definition) is 3. The number of aromatic nitrogens is 1. The molecule has 2 nitrogen and oxygen atoms in total. The van der Waals surface area contributed by atoms with Crippen LogP contribution >= 0.6 is 11.3 Å². The monoisotopic (exact) mass is 574 g/mol. The lowest BCUT2D eigenvalue weighted by molar-refractivity contribution is -0.0399. The second-order valence-electron chi connectivity index (χ2n) is 13.7. The molecule has 0 amide bonds. The molecule has 0 radical (unpaired) electrons. The number of pyridine rings is 1. The maximum atomic E-state index is 4.79. The molecule has 3 heteroatoms. The number of fused-ring (bicyclic) bond motifs is 6. The Hall–Kier alpha value is -3.95. The zero-order valence-corrected chi connectivity index (χ0v) is 25.3. The molecular formula is C40H34N2S. The average Bonchev–Trinajstić information content (AvgIpc) is 3.55. The fourth-order valence-electron chi connectivity index (χ4n) is 10.2. The van der Waals surface area contributed by atoms with E-state index in [0.717, 1.165) is 35.1 Å². The number of anilines is 3. The van der Waals surface area contributed by atoms with E-state index < -0.39 is 0 Å². The van der Waals surface area contributed by atoms with Crippen LogP contribution in [0.15, 0.2) is 103 Å². The van der Waals surface area contributed by atoms with Gasteiger partial charge in [-0.05, 0) is 127 Å². The van der Waals surface area contributed by atoms with Crippen molar-refractivity contribution in [3.05, 3.63) is 120 Å². The summed E-state index contributed by atoms with van der Waals surface area (Å²) >= 11 is 1.89. The third-order valence-electron chi connectivity index (χ3n) is 11.6. The normalized spacial score (nSPS) is 26.3. The number of aryl methyl sites for hydroxylation is 1. The van der Waals surface area contributed by atoms with Gasteiger partial charge >= 0.3 is 0 Å². The van der Waals surface area contributed by atoms with Crippen molar-refractivity contribution in [1.82, 2.24) is 4.98 Å². The molecule has 0 saturated heterocycles. The van der Waals surface area contributed by atoms with Gasteiger partial charge in [-0.15, -0.1) is 11.3 Å². The van der Waals surface area contributed by atoms with Gasteiger partial charge in [0.15, 0.2) is 0 Å². The first-order valence-electron chi connectivity index (χ1n) is 16.1. The molecule has 1 spiro atoms. The number of thiophene rings is 1. The highest BCUT2D eigenvalue weighted by molar-refractivity contribution is 7.26. The fraction of sp³-hybridized carbons (Fsp3) is 0.275. The highest BCUT2D eigenvalue weighted by Crippen LogP contribution is 2.69. The summed E-state index contributed by atoms with van der Waals surface area (Å²) in [5.41, 5.74) is 10.9. The lowest BCUT2D eigenvalue weighted by atomic mass is 9.43. The first-order chi connectivity index (χ1) is 21.2. The quantitative estimate of drug-likeness (QED) is 0.209. The third kappa shape index (κ3) is 3.27. The van der Waals surface area contributed by atoms with Crippen LogP contribution in [-0.2, 0) is 5.41 Å². The first-order valence-corrected chi connectivity index (χ1v) is 16.9. The van der Waals surface area contributed by atoms with Crippen molar-refractivity contribution >= 4 is 48.6 Å². The molecule has 4 saturated carbocycles. The zero-order valence-electron chi connectivity index (χ0n) is 24.5. The highest BCUT2D eigenvalue weighted by atomic mass is 32.1. The number of rotatable bonds is 3. The molecule has 0 N–H and O–H groups in total. The fourth-order valence-corrected chi connectivity index (χ4v) is 11.4. The van der Waals surface area contributed by atoms with E-state index in [9.17, 15) is 0 Å². The summed E-state index contributed by atoms with van der Waals surface area (Å²) in [6.45, 7) is 2.07. The summed E-state index contributed by atoms with van der Waals surface area (Å²) < 4.78 is 2.67. The Balaban J connectivity index is 1.24. The molecule has 43 heavy (non-hydrogen) atoms. The molecule has 4 fully saturated rings. The van der Waals surface area contributed by atoms with E-state index in [0.29, 0.717) is 0 Å². The van der Waals surface area contributed by atoms with Crippen molar-refractivity contribution < 1.29 is 0 Å². The van der Waals surface area contributed by atoms with Gasteiger partial charge in [0.25, 0.3) is 0 Å². The summed E-state index contributed by atoms with van der Waals surface area (Å²) in [5, 5.41) is 2.66. The smallest absolute Gasteiger partial charge is 0.0645 e. The van der Waals surface area contributed by atoms with Crippen LogP contribution in [0.3, 0.4) is 0 Å². The van der Waals surface area contributed by atoms with Crippen molar-refractivity contribution in [2.24, 2.45) is 23.7 Å². The summed E-state index contributed by atoms with van der Waals surface area (Å²) in [6, 6.07) is 36.9. The molecule has 4 bridgehead atoms. The van der Waals surface area contributed by atoms with E-state index in [1.165, 1.54) is 74.8 Å². The maximum Gasteiger partial charge on any atom is 0.0645 e. The van der Waals surface area contributed by atoms with Gasteiger partial charge in [0.1, 0.15) is 0 Å². The van der Waals surface area contributed by atoms with Crippen molar-refractivity contribution in [2.75, 3.05) is 4.90 Å². The van der Waals surface area contributed by atoms with Gasteiger partial charge in [0, 0.05) is 37.0 Å². The van der Waals surface area contributed by atoms with Gasteiger partial charge in [-0.3, -0.25) is 4.98 Å². The molecular weight excluding hydrogens is 541 g/mol. The summed E-state index contributed by atoms with van der Waals surface area (Å²) in [4.78, 5) is 7.28. The van der Waals surface area contributed by atoms with E-state index in [1.54, 1.807) is 11.1 Å². The van der Waals surface area contributed by atoms with Gasteiger partial charge in [0.2, 0.25) is 0 Å². The summed E-state index contributed by atoms with van der Waals surface area (Å²) in [7, 11) is 0. The highest BCUT2D eigenvalue weighted by Gasteiger charge is 2.61. The van der Waals surface area contributed by atoms with Gasteiger partial charge in [-0.2, -0.15) is 0 Å². The predicted molar refractivity (Wildman–Crippen MR) is 180 cm³/mol. The van der Waals surface area contributed by atoms with Crippen LogP contribution in [0.2, 0.25) is 0 Å². The minimum atomic E-state index is 0.146. The van der Waals surface area contributed by atoms with Gasteiger partial charge in [-0.1, -0.05) is 54.6 Å². The lowest BCUT2D eigenvalue weighted by Gasteiger charge is -2.61. The van der Waals surface area contributed by atoms with Crippen LogP contribution in [0.5, 0.6) is 0 Å². The number of hydrogen-bond donors (Lipinski definition) is 0. The minimum absolute atomic E-state index is 0.146. The van der Waals surface area contributed by atoms with Gasteiger partial charge in [0.05, 0.1) is 17.6 Å². The van der Waals surface area contributed by atoms with E-state index in [4.69, 9.17) is 4.98 Å². The molecule has 210 valence electrons. The van der Waals surface area contributed by atoms with Crippen molar-refractivity contribution in [1.29, 1.82) is 0 Å². The molecule has 4 aromatic carbocycles. The van der Waals surface area contributed by atoms with Crippen LogP contribution in [0, 0.1) is 30.6 Å². The van der Waals surface area contributed by atoms with E-state index in [2.05, 4.69) is 115 Å². The molecule has 0 atom stereocenters. The maximum absolute atomic E-state index is 4.79. The Morgan fingerprint density at radius 2 is 1.40 bits per heavy atom. The van der Waals surface area contributed by atoms with Crippen molar-refractivity contribution in [3.8, 4) is 11.1 Å². The molecule has 11 rings (SSSR count). The molecule has 2 aromatic heterocycles. The topological polar surface area (TPSA) is 16.1 Å². The standard InChI is InChI=1S/C40H34N2S/c1-24-13-14-30(23-41-24)42(36-10-6-12-38-39(36)33-8-3-5-11-37(33)43-38)29-15-16-32-31-7-2-4-9-34(31)40(35(32)22-29)27-18-25-17-26(20-27)21-28(40)19-25/h2-16,22-23,25-28H,17-21H2,1H3. The molecule has 5 aliphatic carbocycles. The van der Waals surface area contributed by atoms with E-state index in [-0.39, 0.29) is 5.41 Å². The van der Waals surface area contributed by atoms with Crippen LogP contribution in [0.1, 0.15) is 48.9 Å². The van der Waals surface area contributed by atoms with Crippen LogP contribution in [0.25, 0.3) is 31.3 Å². The molecule has 5 aliphatic rings. The van der Waals surface area contributed by atoms with Crippen molar-refractivity contribution in [2.45, 2.75) is 44.4 Å². The zero-order chi connectivity index (χ0) is 28.3. The Bertz CT molecular complexity index is 2040. The van der Waals surface area contributed by atoms with Crippen LogP contribution in [-0.4, -0.2) is 4.98 Å². The summed E-state index contributed by atoms with van der Waals surface area (Å²) in [6.07, 6.45) is 9.13. The van der Waals surface area contributed by atoms with Crippen molar-refractivity contribution in [3.63, 3.8) is 0 Å². The second kappa shape index (κ2) is 8.80. The van der Waals surface area contributed by atoms with E-state index >= 15 is 0 Å². The third-order valence-corrected chi connectivity index (χ3v) is 12.7. The summed E-state index contributed by atoms with van der Waals surface area (Å²) in [5.74, 6) is 3.37. The Labute approximate surface area is 257 Å². The van der Waals surface area contributed by atoms with Gasteiger partial charge in [-0.25, -0.2) is 0 Å². The first kappa shape index (κ1) is 24.5. The Morgan fingerprint density at radius 1 is 0.674 bits per heavy atom. The largest absolute Gasteiger partial charge is 0.308 e.